The maximum absolute atomic E-state index is 13.4. The van der Waals surface area contributed by atoms with Crippen molar-refractivity contribution in [1.82, 2.24) is 0 Å². The molecule has 150 valence electrons. The molecule has 30 heavy (non-hydrogen) atoms. The van der Waals surface area contributed by atoms with Crippen LogP contribution in [0.5, 0.6) is 0 Å². The Morgan fingerprint density at radius 3 is 2.37 bits per heavy atom. The molecule has 5 rings (SSSR count). The van der Waals surface area contributed by atoms with Crippen molar-refractivity contribution >= 4 is 23.2 Å². The number of benzene rings is 3. The number of aryl methyl sites for hydroxylation is 1. The first-order valence-corrected chi connectivity index (χ1v) is 11.1. The molecule has 0 fully saturated rings. The van der Waals surface area contributed by atoms with Crippen LogP contribution >= 0.6 is 11.8 Å². The van der Waals surface area contributed by atoms with E-state index in [0.717, 1.165) is 39.4 Å². The maximum Gasteiger partial charge on any atom is 0.162 e. The minimum atomic E-state index is -0.252. The maximum atomic E-state index is 13.4. The lowest BCUT2D eigenvalue weighted by Gasteiger charge is -2.29. The zero-order valence-electron chi connectivity index (χ0n) is 16.7. The second-order valence-corrected chi connectivity index (χ2v) is 9.15. The van der Waals surface area contributed by atoms with Crippen LogP contribution in [0, 0.1) is 12.7 Å². The molecule has 1 aliphatic heterocycles. The van der Waals surface area contributed by atoms with Gasteiger partial charge in [-0.15, -0.1) is 11.8 Å². The van der Waals surface area contributed by atoms with Crippen LogP contribution in [0.15, 0.2) is 89.0 Å². The van der Waals surface area contributed by atoms with E-state index in [2.05, 4.69) is 48.6 Å². The van der Waals surface area contributed by atoms with Crippen molar-refractivity contribution in [3.63, 3.8) is 0 Å². The summed E-state index contributed by atoms with van der Waals surface area (Å²) in [7, 11) is 0. The summed E-state index contributed by atoms with van der Waals surface area (Å²) < 4.78 is 13.4. The molecule has 2 aliphatic rings. The van der Waals surface area contributed by atoms with E-state index >= 15 is 0 Å². The Kier molecular flexibility index (Phi) is 4.95. The van der Waals surface area contributed by atoms with Crippen LogP contribution in [-0.4, -0.2) is 5.78 Å². The number of anilines is 1. The second kappa shape index (κ2) is 7.77. The second-order valence-electron chi connectivity index (χ2n) is 8.00. The summed E-state index contributed by atoms with van der Waals surface area (Å²) in [4.78, 5) is 14.6. The van der Waals surface area contributed by atoms with Crippen molar-refractivity contribution in [2.24, 2.45) is 0 Å². The van der Waals surface area contributed by atoms with Gasteiger partial charge in [0.25, 0.3) is 0 Å². The van der Waals surface area contributed by atoms with Crippen LogP contribution in [0.4, 0.5) is 10.1 Å². The van der Waals surface area contributed by atoms with Crippen molar-refractivity contribution < 1.29 is 9.18 Å². The molecule has 2 unspecified atom stereocenters. The predicted octanol–water partition coefficient (Wildman–Crippen LogP) is 6.79. The third-order valence-corrected chi connectivity index (χ3v) is 7.26. The van der Waals surface area contributed by atoms with Crippen molar-refractivity contribution in [2.45, 2.75) is 35.8 Å². The number of hydrogen-bond donors (Lipinski definition) is 1. The highest BCUT2D eigenvalue weighted by molar-refractivity contribution is 8.00. The molecule has 0 spiro atoms. The number of hydrogen-bond acceptors (Lipinski definition) is 3. The molecule has 1 aliphatic carbocycles. The van der Waals surface area contributed by atoms with E-state index in [1.165, 1.54) is 17.7 Å². The Labute approximate surface area is 180 Å². The third kappa shape index (κ3) is 3.56. The summed E-state index contributed by atoms with van der Waals surface area (Å²) in [6.07, 6.45) is 1.19. The molecule has 0 saturated carbocycles. The van der Waals surface area contributed by atoms with Crippen LogP contribution in [0.3, 0.4) is 0 Å². The first-order valence-electron chi connectivity index (χ1n) is 10.2. The van der Waals surface area contributed by atoms with Gasteiger partial charge in [-0.1, -0.05) is 54.1 Å². The predicted molar refractivity (Wildman–Crippen MR) is 120 cm³/mol. The van der Waals surface area contributed by atoms with Crippen LogP contribution in [0.1, 0.15) is 40.7 Å². The average molecular weight is 416 g/mol. The molecule has 1 N–H and O–H groups in total. The van der Waals surface area contributed by atoms with Crippen molar-refractivity contribution in [2.75, 3.05) is 5.32 Å². The number of para-hydroxylation sites is 1. The van der Waals surface area contributed by atoms with Gasteiger partial charge in [-0.2, -0.15) is 0 Å². The molecule has 2 nitrogen and oxygen atoms in total. The quantitative estimate of drug-likeness (QED) is 0.499. The zero-order valence-corrected chi connectivity index (χ0v) is 17.5. The first kappa shape index (κ1) is 19.1. The van der Waals surface area contributed by atoms with E-state index in [-0.39, 0.29) is 22.8 Å². The first-order chi connectivity index (χ1) is 14.6. The molecule has 1 heterocycles. The topological polar surface area (TPSA) is 29.1 Å². The van der Waals surface area contributed by atoms with Crippen molar-refractivity contribution in [1.29, 1.82) is 0 Å². The standard InChI is InChI=1S/C26H22FNOS/c1-16-6-8-18(9-7-16)26-25-22(28-21-4-2-3-5-24(21)30-26)14-19(15-23(25)29)17-10-12-20(27)13-11-17/h2-13,19,26,28H,14-15H2,1H3. The van der Waals surface area contributed by atoms with Crippen LogP contribution in [0.25, 0.3) is 0 Å². The molecule has 0 radical (unpaired) electrons. The van der Waals surface area contributed by atoms with Gasteiger partial charge in [0.2, 0.25) is 0 Å². The SMILES string of the molecule is Cc1ccc(C2Sc3ccccc3NC3=C2C(=O)CC(c2ccc(F)cc2)C3)cc1. The highest BCUT2D eigenvalue weighted by Gasteiger charge is 2.36. The van der Waals surface area contributed by atoms with Gasteiger partial charge in [-0.3, -0.25) is 4.79 Å². The lowest BCUT2D eigenvalue weighted by Crippen LogP contribution is -2.24. The van der Waals surface area contributed by atoms with E-state index in [1.807, 2.05) is 12.1 Å². The fourth-order valence-corrected chi connectivity index (χ4v) is 5.66. The Balaban J connectivity index is 1.60. The van der Waals surface area contributed by atoms with E-state index in [4.69, 9.17) is 0 Å². The molecule has 2 atom stereocenters. The molecular weight excluding hydrogens is 393 g/mol. The largest absolute Gasteiger partial charge is 0.358 e. The molecule has 3 aromatic rings. The molecular formula is C26H22FNOS. The Bertz CT molecular complexity index is 1130. The number of thioether (sulfide) groups is 1. The molecule has 0 aromatic heterocycles. The molecule has 3 aromatic carbocycles. The lowest BCUT2D eigenvalue weighted by molar-refractivity contribution is -0.116. The Morgan fingerprint density at radius 2 is 1.60 bits per heavy atom. The Morgan fingerprint density at radius 1 is 0.900 bits per heavy atom. The van der Waals surface area contributed by atoms with Gasteiger partial charge >= 0.3 is 0 Å². The van der Waals surface area contributed by atoms with Gasteiger partial charge in [0.1, 0.15) is 5.82 Å². The smallest absolute Gasteiger partial charge is 0.162 e. The monoisotopic (exact) mass is 415 g/mol. The summed E-state index contributed by atoms with van der Waals surface area (Å²) in [5.41, 5.74) is 6.26. The Hall–Kier alpha value is -2.85. The van der Waals surface area contributed by atoms with Gasteiger partial charge < -0.3 is 5.32 Å². The number of carbonyl (C=O) groups is 1. The summed E-state index contributed by atoms with van der Waals surface area (Å²) in [6.45, 7) is 2.07. The van der Waals surface area contributed by atoms with Crippen LogP contribution < -0.4 is 5.32 Å². The number of allylic oxidation sites excluding steroid dienone is 1. The minimum absolute atomic E-state index is 0.0431. The summed E-state index contributed by atoms with van der Waals surface area (Å²) in [5.74, 6) is -0.0274. The van der Waals surface area contributed by atoms with E-state index < -0.39 is 0 Å². The average Bonchev–Trinajstić information content (AvgIpc) is 2.91. The van der Waals surface area contributed by atoms with E-state index in [0.29, 0.717) is 6.42 Å². The van der Waals surface area contributed by atoms with Crippen molar-refractivity contribution in [3.8, 4) is 0 Å². The zero-order chi connectivity index (χ0) is 20.7. The number of rotatable bonds is 2. The van der Waals surface area contributed by atoms with Gasteiger partial charge in [-0.25, -0.2) is 4.39 Å². The molecule has 0 bridgehead atoms. The van der Waals surface area contributed by atoms with Gasteiger partial charge in [0.15, 0.2) is 5.78 Å². The number of Topliss-reactive ketones (excluding diaryl/α,β-unsaturated/α-hetero) is 1. The molecule has 0 amide bonds. The number of carbonyl (C=O) groups excluding carboxylic acids is 1. The van der Waals surface area contributed by atoms with Crippen molar-refractivity contribution in [3.05, 3.63) is 107 Å². The number of nitrogens with one attached hydrogen (secondary N) is 1. The fourth-order valence-electron chi connectivity index (χ4n) is 4.32. The van der Waals surface area contributed by atoms with Gasteiger partial charge in [0, 0.05) is 22.6 Å². The van der Waals surface area contributed by atoms with Gasteiger partial charge in [-0.05, 0) is 54.7 Å². The molecule has 0 saturated heterocycles. The molecule has 4 heteroatoms. The summed E-state index contributed by atoms with van der Waals surface area (Å²) in [5, 5.41) is 3.53. The highest BCUT2D eigenvalue weighted by Crippen LogP contribution is 2.51. The normalized spacial score (nSPS) is 20.8. The summed E-state index contributed by atoms with van der Waals surface area (Å²) >= 11 is 1.73. The van der Waals surface area contributed by atoms with Crippen LogP contribution in [0.2, 0.25) is 0 Å². The summed E-state index contributed by atoms with van der Waals surface area (Å²) in [6, 6.07) is 23.2. The van der Waals surface area contributed by atoms with E-state index in [9.17, 15) is 9.18 Å². The number of ketones is 1. The lowest BCUT2D eigenvalue weighted by atomic mass is 9.80. The number of fused-ring (bicyclic) bond motifs is 1. The third-order valence-electron chi connectivity index (χ3n) is 5.91. The fraction of sp³-hybridized carbons (Fsp3) is 0.192. The highest BCUT2D eigenvalue weighted by atomic mass is 32.2. The van der Waals surface area contributed by atoms with E-state index in [1.54, 1.807) is 23.9 Å². The van der Waals surface area contributed by atoms with Crippen LogP contribution in [-0.2, 0) is 4.79 Å². The minimum Gasteiger partial charge on any atom is -0.358 e. The van der Waals surface area contributed by atoms with Gasteiger partial charge in [0.05, 0.1) is 10.9 Å². The number of halogens is 1.